The second-order valence-electron chi connectivity index (χ2n) is 5.74. The molecule has 0 amide bonds. The van der Waals surface area contributed by atoms with Crippen molar-refractivity contribution in [2.24, 2.45) is 5.92 Å². The molecule has 0 fully saturated rings. The molecule has 21 heavy (non-hydrogen) atoms. The third-order valence-electron chi connectivity index (χ3n) is 4.32. The van der Waals surface area contributed by atoms with Gasteiger partial charge in [0.1, 0.15) is 17.4 Å². The number of hydrogen-bond donors (Lipinski definition) is 1. The summed E-state index contributed by atoms with van der Waals surface area (Å²) in [5.74, 6) is 1.37. The topological polar surface area (TPSA) is 36.6 Å². The maximum Gasteiger partial charge on any atom is 0.135 e. The Hall–Kier alpha value is -1.32. The summed E-state index contributed by atoms with van der Waals surface area (Å²) in [4.78, 5) is 2.32. The lowest BCUT2D eigenvalue weighted by atomic mass is 10.0. The molecule has 0 bridgehead atoms. The zero-order chi connectivity index (χ0) is 15.2. The predicted molar refractivity (Wildman–Crippen MR) is 87.4 cm³/mol. The summed E-state index contributed by atoms with van der Waals surface area (Å²) < 4.78 is 5.76. The largest absolute Gasteiger partial charge is 0.458 e. The zero-order valence-electron chi connectivity index (χ0n) is 13.4. The molecule has 0 saturated carbocycles. The first kappa shape index (κ1) is 16.1. The number of para-hydroxylation sites is 1. The molecule has 0 radical (unpaired) electrons. The third-order valence-corrected chi connectivity index (χ3v) is 4.32. The third kappa shape index (κ3) is 4.08. The van der Waals surface area contributed by atoms with E-state index in [0.29, 0.717) is 18.2 Å². The molecule has 0 saturated heterocycles. The lowest BCUT2D eigenvalue weighted by molar-refractivity contribution is 0.0893. The molecule has 1 unspecified atom stereocenters. The number of likely N-dealkylation sites (N-methyl/N-ethyl adjacent to an activating group) is 1. The minimum atomic E-state index is -0.563. The Morgan fingerprint density at radius 2 is 1.81 bits per heavy atom. The van der Waals surface area contributed by atoms with Crippen LogP contribution in [0.5, 0.6) is 0 Å². The van der Waals surface area contributed by atoms with Gasteiger partial charge in [-0.05, 0) is 24.6 Å². The molecule has 116 valence electrons. The van der Waals surface area contributed by atoms with E-state index in [9.17, 15) is 5.11 Å². The number of benzene rings is 1. The van der Waals surface area contributed by atoms with Crippen molar-refractivity contribution >= 4 is 11.0 Å². The summed E-state index contributed by atoms with van der Waals surface area (Å²) >= 11 is 0. The summed E-state index contributed by atoms with van der Waals surface area (Å²) in [5.41, 5.74) is 0.842. The number of aliphatic hydroxyl groups is 1. The highest BCUT2D eigenvalue weighted by Gasteiger charge is 2.18. The fraction of sp³-hybridized carbons (Fsp3) is 0.556. The van der Waals surface area contributed by atoms with Crippen molar-refractivity contribution in [1.29, 1.82) is 0 Å². The smallest absolute Gasteiger partial charge is 0.135 e. The van der Waals surface area contributed by atoms with E-state index in [1.54, 1.807) is 0 Å². The number of nitrogens with zero attached hydrogens (tertiary/aromatic N) is 1. The van der Waals surface area contributed by atoms with Crippen molar-refractivity contribution < 1.29 is 9.52 Å². The molecule has 0 aliphatic carbocycles. The van der Waals surface area contributed by atoms with Crippen LogP contribution < -0.4 is 0 Å². The van der Waals surface area contributed by atoms with E-state index in [4.69, 9.17) is 4.42 Å². The van der Waals surface area contributed by atoms with Crippen LogP contribution in [-0.4, -0.2) is 29.6 Å². The SMILES string of the molecule is CCC(CC)CN(CC)CC(O)c1cc2ccccc2o1. The molecule has 1 aromatic heterocycles. The van der Waals surface area contributed by atoms with E-state index in [1.165, 1.54) is 12.8 Å². The first-order valence-corrected chi connectivity index (χ1v) is 8.06. The second kappa shape index (κ2) is 7.62. The first-order valence-electron chi connectivity index (χ1n) is 8.06. The highest BCUT2D eigenvalue weighted by atomic mass is 16.4. The van der Waals surface area contributed by atoms with Crippen LogP contribution >= 0.6 is 0 Å². The Labute approximate surface area is 127 Å². The van der Waals surface area contributed by atoms with Gasteiger partial charge in [0.25, 0.3) is 0 Å². The highest BCUT2D eigenvalue weighted by Crippen LogP contribution is 2.24. The van der Waals surface area contributed by atoms with Gasteiger partial charge in [-0.15, -0.1) is 0 Å². The maximum absolute atomic E-state index is 10.4. The fourth-order valence-electron chi connectivity index (χ4n) is 2.75. The van der Waals surface area contributed by atoms with Crippen molar-refractivity contribution in [2.45, 2.75) is 39.7 Å². The fourth-order valence-corrected chi connectivity index (χ4v) is 2.75. The molecule has 3 nitrogen and oxygen atoms in total. The van der Waals surface area contributed by atoms with Crippen molar-refractivity contribution in [2.75, 3.05) is 19.6 Å². The zero-order valence-corrected chi connectivity index (χ0v) is 13.4. The van der Waals surface area contributed by atoms with Gasteiger partial charge in [-0.25, -0.2) is 0 Å². The van der Waals surface area contributed by atoms with Crippen LogP contribution in [0.1, 0.15) is 45.5 Å². The summed E-state index contributed by atoms with van der Waals surface area (Å²) in [6.45, 7) is 9.24. The van der Waals surface area contributed by atoms with Crippen LogP contribution in [0.4, 0.5) is 0 Å². The second-order valence-corrected chi connectivity index (χ2v) is 5.74. The normalized spacial score (nSPS) is 13.4. The molecule has 2 rings (SSSR count). The average Bonchev–Trinajstić information content (AvgIpc) is 2.95. The number of rotatable bonds is 8. The molecule has 3 heteroatoms. The van der Waals surface area contributed by atoms with Gasteiger partial charge >= 0.3 is 0 Å². The van der Waals surface area contributed by atoms with E-state index >= 15 is 0 Å². The van der Waals surface area contributed by atoms with Crippen LogP contribution in [0.15, 0.2) is 34.7 Å². The predicted octanol–water partition coefficient (Wildman–Crippen LogP) is 4.22. The number of hydrogen-bond acceptors (Lipinski definition) is 3. The van der Waals surface area contributed by atoms with Gasteiger partial charge in [-0.2, -0.15) is 0 Å². The van der Waals surface area contributed by atoms with Crippen LogP contribution in [0.3, 0.4) is 0 Å². The van der Waals surface area contributed by atoms with E-state index in [-0.39, 0.29) is 0 Å². The molecule has 1 heterocycles. The lowest BCUT2D eigenvalue weighted by Crippen LogP contribution is -2.33. The van der Waals surface area contributed by atoms with Crippen LogP contribution in [0.2, 0.25) is 0 Å². The van der Waals surface area contributed by atoms with Gasteiger partial charge in [-0.1, -0.05) is 51.8 Å². The monoisotopic (exact) mass is 289 g/mol. The minimum absolute atomic E-state index is 0.563. The summed E-state index contributed by atoms with van der Waals surface area (Å²) in [6.07, 6.45) is 1.81. The lowest BCUT2D eigenvalue weighted by Gasteiger charge is -2.26. The van der Waals surface area contributed by atoms with Crippen molar-refractivity contribution in [3.05, 3.63) is 36.1 Å². The summed E-state index contributed by atoms with van der Waals surface area (Å²) in [7, 11) is 0. The van der Waals surface area contributed by atoms with Crippen LogP contribution in [0.25, 0.3) is 11.0 Å². The Kier molecular flexibility index (Phi) is 5.83. The van der Waals surface area contributed by atoms with Gasteiger partial charge in [0, 0.05) is 18.5 Å². The van der Waals surface area contributed by atoms with Crippen molar-refractivity contribution in [3.63, 3.8) is 0 Å². The maximum atomic E-state index is 10.4. The van der Waals surface area contributed by atoms with Crippen LogP contribution in [-0.2, 0) is 0 Å². The molecule has 1 aromatic carbocycles. The standard InChI is InChI=1S/C18H27NO2/c1-4-14(5-2)12-19(6-3)13-16(20)18-11-15-9-7-8-10-17(15)21-18/h7-11,14,16,20H,4-6,12-13H2,1-3H3. The van der Waals surface area contributed by atoms with Crippen molar-refractivity contribution in [3.8, 4) is 0 Å². The minimum Gasteiger partial charge on any atom is -0.458 e. The van der Waals surface area contributed by atoms with Crippen molar-refractivity contribution in [1.82, 2.24) is 4.90 Å². The van der Waals surface area contributed by atoms with E-state index < -0.39 is 6.10 Å². The Balaban J connectivity index is 2.02. The molecular weight excluding hydrogens is 262 g/mol. The summed E-state index contributed by atoms with van der Waals surface area (Å²) in [5, 5.41) is 11.5. The Morgan fingerprint density at radius 3 is 2.43 bits per heavy atom. The van der Waals surface area contributed by atoms with Gasteiger partial charge in [0.2, 0.25) is 0 Å². The number of furan rings is 1. The number of fused-ring (bicyclic) bond motifs is 1. The highest BCUT2D eigenvalue weighted by molar-refractivity contribution is 5.77. The quantitative estimate of drug-likeness (QED) is 0.790. The molecule has 0 aliphatic heterocycles. The van der Waals surface area contributed by atoms with Gasteiger partial charge in [0.15, 0.2) is 0 Å². The Morgan fingerprint density at radius 1 is 1.10 bits per heavy atom. The van der Waals surface area contributed by atoms with Crippen LogP contribution in [0, 0.1) is 5.92 Å². The average molecular weight is 289 g/mol. The number of aliphatic hydroxyl groups excluding tert-OH is 1. The summed E-state index contributed by atoms with van der Waals surface area (Å²) in [6, 6.07) is 9.84. The van der Waals surface area contributed by atoms with Gasteiger partial charge in [0.05, 0.1) is 0 Å². The van der Waals surface area contributed by atoms with Gasteiger partial charge in [-0.3, -0.25) is 0 Å². The Bertz CT molecular complexity index is 512. The molecule has 0 spiro atoms. The molecule has 1 N–H and O–H groups in total. The van der Waals surface area contributed by atoms with E-state index in [1.807, 2.05) is 30.3 Å². The molecule has 2 aromatic rings. The molecule has 0 aliphatic rings. The van der Waals surface area contributed by atoms with Gasteiger partial charge < -0.3 is 14.4 Å². The first-order chi connectivity index (χ1) is 10.2. The molecule has 1 atom stereocenters. The van der Waals surface area contributed by atoms with E-state index in [2.05, 4.69) is 25.7 Å². The molecular formula is C18H27NO2. The van der Waals surface area contributed by atoms with E-state index in [0.717, 1.165) is 24.1 Å².